The number of hydrogen-bond acceptors (Lipinski definition) is 3. The predicted molar refractivity (Wildman–Crippen MR) is 89.9 cm³/mol. The number of aryl methyl sites for hydroxylation is 2. The summed E-state index contributed by atoms with van der Waals surface area (Å²) in [6.45, 7) is 13.4. The molecule has 1 saturated heterocycles. The van der Waals surface area contributed by atoms with Gasteiger partial charge in [-0.2, -0.15) is 0 Å². The fraction of sp³-hybridized carbons (Fsp3) is 0.667. The third-order valence-electron chi connectivity index (χ3n) is 5.17. The van der Waals surface area contributed by atoms with Gasteiger partial charge in [0, 0.05) is 0 Å². The summed E-state index contributed by atoms with van der Waals surface area (Å²) in [4.78, 5) is 0. The van der Waals surface area contributed by atoms with Gasteiger partial charge < -0.3 is 14.0 Å². The maximum atomic E-state index is 6.15. The second-order valence-corrected chi connectivity index (χ2v) is 7.83. The van der Waals surface area contributed by atoms with E-state index >= 15 is 0 Å². The monoisotopic (exact) mass is 302 g/mol. The predicted octanol–water partition coefficient (Wildman–Crippen LogP) is 3.39. The molecule has 1 heterocycles. The van der Waals surface area contributed by atoms with Gasteiger partial charge in [0.05, 0.1) is 17.8 Å². The van der Waals surface area contributed by atoms with Crippen molar-refractivity contribution >= 4 is 12.6 Å². The van der Waals surface area contributed by atoms with Crippen LogP contribution in [-0.2, 0) is 9.31 Å². The van der Waals surface area contributed by atoms with E-state index in [0.29, 0.717) is 0 Å². The molecule has 0 bridgehead atoms. The normalized spacial score (nSPS) is 22.9. The maximum absolute atomic E-state index is 6.15. The third kappa shape index (κ3) is 2.91. The van der Waals surface area contributed by atoms with Crippen LogP contribution in [0.25, 0.3) is 0 Å². The van der Waals surface area contributed by atoms with Crippen LogP contribution in [0.4, 0.5) is 0 Å². The average molecular weight is 302 g/mol. The minimum atomic E-state index is -0.306. The molecule has 2 aliphatic rings. The van der Waals surface area contributed by atoms with Crippen LogP contribution in [0, 0.1) is 19.8 Å². The summed E-state index contributed by atoms with van der Waals surface area (Å²) in [5.41, 5.74) is 2.78. The fourth-order valence-corrected chi connectivity index (χ4v) is 2.81. The minimum absolute atomic E-state index is 0.305. The van der Waals surface area contributed by atoms with Gasteiger partial charge in [0.2, 0.25) is 0 Å². The SMILES string of the molecule is Cc1cc(B2OC(C)(C)C(C)(C)O2)cc(C)c1OCC1CC1. The van der Waals surface area contributed by atoms with Crippen molar-refractivity contribution in [3.8, 4) is 5.75 Å². The minimum Gasteiger partial charge on any atom is -0.493 e. The second kappa shape index (κ2) is 5.28. The van der Waals surface area contributed by atoms with Crippen LogP contribution in [0.15, 0.2) is 12.1 Å². The molecule has 22 heavy (non-hydrogen) atoms. The summed E-state index contributed by atoms with van der Waals surface area (Å²) < 4.78 is 18.3. The van der Waals surface area contributed by atoms with Gasteiger partial charge in [-0.05, 0) is 76.9 Å². The molecule has 1 saturated carbocycles. The highest BCUT2D eigenvalue weighted by atomic mass is 16.7. The first kappa shape index (κ1) is 15.9. The Morgan fingerprint density at radius 1 is 1.05 bits per heavy atom. The first-order valence-corrected chi connectivity index (χ1v) is 8.29. The van der Waals surface area contributed by atoms with Crippen molar-refractivity contribution in [2.24, 2.45) is 5.92 Å². The van der Waals surface area contributed by atoms with Crippen LogP contribution in [0.2, 0.25) is 0 Å². The van der Waals surface area contributed by atoms with Crippen molar-refractivity contribution in [2.75, 3.05) is 6.61 Å². The summed E-state index contributed by atoms with van der Waals surface area (Å²) in [6, 6.07) is 4.27. The summed E-state index contributed by atoms with van der Waals surface area (Å²) in [6.07, 6.45) is 2.62. The van der Waals surface area contributed by atoms with E-state index in [0.717, 1.165) is 34.9 Å². The lowest BCUT2D eigenvalue weighted by molar-refractivity contribution is 0.00578. The van der Waals surface area contributed by atoms with Crippen molar-refractivity contribution in [3.05, 3.63) is 23.3 Å². The van der Waals surface area contributed by atoms with Gasteiger partial charge >= 0.3 is 7.12 Å². The Hall–Kier alpha value is -0.995. The van der Waals surface area contributed by atoms with E-state index in [4.69, 9.17) is 14.0 Å². The molecule has 120 valence electrons. The van der Waals surface area contributed by atoms with Crippen molar-refractivity contribution in [1.29, 1.82) is 0 Å². The van der Waals surface area contributed by atoms with Crippen LogP contribution in [-0.4, -0.2) is 24.9 Å². The highest BCUT2D eigenvalue weighted by Gasteiger charge is 2.51. The van der Waals surface area contributed by atoms with Gasteiger partial charge in [-0.1, -0.05) is 12.1 Å². The third-order valence-corrected chi connectivity index (χ3v) is 5.17. The molecule has 3 nitrogen and oxygen atoms in total. The van der Waals surface area contributed by atoms with Crippen molar-refractivity contribution in [3.63, 3.8) is 0 Å². The summed E-state index contributed by atoms with van der Waals surface area (Å²) in [7, 11) is -0.306. The molecule has 0 spiro atoms. The van der Waals surface area contributed by atoms with E-state index in [-0.39, 0.29) is 18.3 Å². The average Bonchev–Trinajstić information content (AvgIpc) is 3.16. The molecule has 0 aromatic heterocycles. The molecule has 1 aromatic carbocycles. The van der Waals surface area contributed by atoms with E-state index in [9.17, 15) is 0 Å². The smallest absolute Gasteiger partial charge is 0.493 e. The zero-order valence-electron chi connectivity index (χ0n) is 14.7. The molecule has 0 N–H and O–H groups in total. The molecular weight excluding hydrogens is 275 g/mol. The Labute approximate surface area is 134 Å². The molecule has 0 radical (unpaired) electrons. The topological polar surface area (TPSA) is 27.7 Å². The van der Waals surface area contributed by atoms with Gasteiger partial charge in [0.15, 0.2) is 0 Å². The summed E-state index contributed by atoms with van der Waals surface area (Å²) >= 11 is 0. The number of rotatable bonds is 4. The van der Waals surface area contributed by atoms with Crippen LogP contribution in [0.5, 0.6) is 5.75 Å². The highest BCUT2D eigenvalue weighted by molar-refractivity contribution is 6.62. The molecule has 0 unspecified atom stereocenters. The Balaban J connectivity index is 1.80. The summed E-state index contributed by atoms with van der Waals surface area (Å²) in [5, 5.41) is 0. The quantitative estimate of drug-likeness (QED) is 0.798. The van der Waals surface area contributed by atoms with Crippen molar-refractivity contribution in [1.82, 2.24) is 0 Å². The molecule has 0 amide bonds. The van der Waals surface area contributed by atoms with Crippen molar-refractivity contribution in [2.45, 2.75) is 65.6 Å². The Morgan fingerprint density at radius 3 is 2.00 bits per heavy atom. The lowest BCUT2D eigenvalue weighted by Crippen LogP contribution is -2.41. The van der Waals surface area contributed by atoms with Gasteiger partial charge in [-0.15, -0.1) is 0 Å². The van der Waals surface area contributed by atoms with Crippen LogP contribution in [0.1, 0.15) is 51.7 Å². The summed E-state index contributed by atoms with van der Waals surface area (Å²) in [5.74, 6) is 1.79. The molecular formula is C18H27BO3. The fourth-order valence-electron chi connectivity index (χ4n) is 2.81. The molecule has 2 fully saturated rings. The van der Waals surface area contributed by atoms with Gasteiger partial charge in [-0.3, -0.25) is 0 Å². The zero-order valence-corrected chi connectivity index (χ0v) is 14.7. The van der Waals surface area contributed by atoms with E-state index < -0.39 is 0 Å². The maximum Gasteiger partial charge on any atom is 0.494 e. The van der Waals surface area contributed by atoms with E-state index in [1.165, 1.54) is 12.8 Å². The molecule has 1 aromatic rings. The van der Waals surface area contributed by atoms with Crippen molar-refractivity contribution < 1.29 is 14.0 Å². The molecule has 3 rings (SSSR count). The number of hydrogen-bond donors (Lipinski definition) is 0. The van der Waals surface area contributed by atoms with Crippen LogP contribution < -0.4 is 10.2 Å². The molecule has 0 atom stereocenters. The molecule has 1 aliphatic carbocycles. The van der Waals surface area contributed by atoms with E-state index in [2.05, 4.69) is 53.7 Å². The number of ether oxygens (including phenoxy) is 1. The zero-order chi connectivity index (χ0) is 16.1. The van der Waals surface area contributed by atoms with E-state index in [1.54, 1.807) is 0 Å². The van der Waals surface area contributed by atoms with E-state index in [1.807, 2.05) is 0 Å². The van der Waals surface area contributed by atoms with Gasteiger partial charge in [-0.25, -0.2) is 0 Å². The Bertz CT molecular complexity index is 537. The second-order valence-electron chi connectivity index (χ2n) is 7.83. The van der Waals surface area contributed by atoms with Crippen LogP contribution in [0.3, 0.4) is 0 Å². The largest absolute Gasteiger partial charge is 0.494 e. The van der Waals surface area contributed by atoms with Crippen LogP contribution >= 0.6 is 0 Å². The van der Waals surface area contributed by atoms with Gasteiger partial charge in [0.1, 0.15) is 5.75 Å². The Kier molecular flexibility index (Phi) is 3.81. The first-order valence-electron chi connectivity index (χ1n) is 8.29. The lowest BCUT2D eigenvalue weighted by atomic mass is 9.77. The Morgan fingerprint density at radius 2 is 1.55 bits per heavy atom. The lowest BCUT2D eigenvalue weighted by Gasteiger charge is -2.32. The molecule has 4 heteroatoms. The van der Waals surface area contributed by atoms with Gasteiger partial charge in [0.25, 0.3) is 0 Å². The molecule has 1 aliphatic heterocycles. The standard InChI is InChI=1S/C18H27BO3/c1-12-9-15(19-21-17(3,4)18(5,6)22-19)10-13(2)16(12)20-11-14-7-8-14/h9-10,14H,7-8,11H2,1-6H3. The highest BCUT2D eigenvalue weighted by Crippen LogP contribution is 2.37. The number of benzene rings is 1. The first-order chi connectivity index (χ1) is 10.2.